The zero-order valence-electron chi connectivity index (χ0n) is 10.8. The predicted octanol–water partition coefficient (Wildman–Crippen LogP) is 1.80. The van der Waals surface area contributed by atoms with E-state index in [1.807, 2.05) is 0 Å². The van der Waals surface area contributed by atoms with E-state index in [0.717, 1.165) is 6.42 Å². The van der Waals surface area contributed by atoms with E-state index in [4.69, 9.17) is 10.5 Å². The van der Waals surface area contributed by atoms with Crippen molar-refractivity contribution in [1.82, 2.24) is 0 Å². The second-order valence-electron chi connectivity index (χ2n) is 4.81. The lowest BCUT2D eigenvalue weighted by Crippen LogP contribution is -2.38. The first-order valence-electron chi connectivity index (χ1n) is 6.26. The molecule has 0 saturated carbocycles. The summed E-state index contributed by atoms with van der Waals surface area (Å²) in [6, 6.07) is 3.50. The molecule has 19 heavy (non-hydrogen) atoms. The van der Waals surface area contributed by atoms with Crippen LogP contribution >= 0.6 is 0 Å². The maximum atomic E-state index is 13.9. The normalized spacial score (nSPS) is 23.8. The fourth-order valence-electron chi connectivity index (χ4n) is 2.49. The lowest BCUT2D eigenvalue weighted by molar-refractivity contribution is 0.409. The number of hydrogen-bond acceptors (Lipinski definition) is 4. The molecule has 1 aliphatic heterocycles. The van der Waals surface area contributed by atoms with E-state index < -0.39 is 26.9 Å². The van der Waals surface area contributed by atoms with Crippen molar-refractivity contribution >= 4 is 9.84 Å². The molecule has 0 radical (unpaired) electrons. The van der Waals surface area contributed by atoms with E-state index >= 15 is 0 Å². The van der Waals surface area contributed by atoms with Gasteiger partial charge in [0.2, 0.25) is 0 Å². The molecule has 1 fully saturated rings. The molecule has 1 saturated heterocycles. The van der Waals surface area contributed by atoms with Crippen LogP contribution in [0.4, 0.5) is 4.39 Å². The van der Waals surface area contributed by atoms with Crippen LogP contribution < -0.4 is 10.5 Å². The topological polar surface area (TPSA) is 69.4 Å². The highest BCUT2D eigenvalue weighted by molar-refractivity contribution is 7.92. The monoisotopic (exact) mass is 287 g/mol. The van der Waals surface area contributed by atoms with Crippen molar-refractivity contribution in [2.45, 2.75) is 30.6 Å². The third kappa shape index (κ3) is 2.90. The Morgan fingerprint density at radius 1 is 1.42 bits per heavy atom. The summed E-state index contributed by atoms with van der Waals surface area (Å²) in [5, 5.41) is -0.691. The molecule has 2 unspecified atom stereocenters. The summed E-state index contributed by atoms with van der Waals surface area (Å²) < 4.78 is 42.9. The smallest absolute Gasteiger partial charge is 0.155 e. The summed E-state index contributed by atoms with van der Waals surface area (Å²) in [7, 11) is -1.78. The number of methoxy groups -OCH3 is 1. The van der Waals surface area contributed by atoms with Gasteiger partial charge < -0.3 is 10.5 Å². The van der Waals surface area contributed by atoms with Crippen LogP contribution in [0.1, 0.15) is 30.9 Å². The minimum absolute atomic E-state index is 0.142. The maximum absolute atomic E-state index is 13.9. The lowest BCUT2D eigenvalue weighted by atomic mass is 9.99. The van der Waals surface area contributed by atoms with Gasteiger partial charge in [0, 0.05) is 17.7 Å². The Labute approximate surface area is 112 Å². The standard InChI is InChI=1S/C13H18FNO3S/c1-18-9-5-6-10(11(14)8-9)13(15)12-4-2-3-7-19(12,16)17/h5-6,8,12-13H,2-4,7,15H2,1H3. The van der Waals surface area contributed by atoms with Crippen molar-refractivity contribution in [3.63, 3.8) is 0 Å². The molecule has 1 heterocycles. The molecule has 2 atom stereocenters. The third-order valence-corrected chi connectivity index (χ3v) is 5.91. The van der Waals surface area contributed by atoms with E-state index in [-0.39, 0.29) is 11.3 Å². The molecule has 0 bridgehead atoms. The number of hydrogen-bond donors (Lipinski definition) is 1. The van der Waals surface area contributed by atoms with E-state index in [2.05, 4.69) is 0 Å². The molecule has 0 aliphatic carbocycles. The third-order valence-electron chi connectivity index (χ3n) is 3.60. The van der Waals surface area contributed by atoms with Crippen LogP contribution in [-0.2, 0) is 9.84 Å². The highest BCUT2D eigenvalue weighted by Gasteiger charge is 2.35. The van der Waals surface area contributed by atoms with Gasteiger partial charge in [-0.2, -0.15) is 0 Å². The average Bonchev–Trinajstić information content (AvgIpc) is 2.37. The first kappa shape index (κ1) is 14.3. The number of halogens is 1. The Balaban J connectivity index is 2.31. The maximum Gasteiger partial charge on any atom is 0.155 e. The molecule has 106 valence electrons. The van der Waals surface area contributed by atoms with Gasteiger partial charge in [-0.25, -0.2) is 12.8 Å². The Bertz CT molecular complexity index is 559. The number of rotatable bonds is 3. The highest BCUT2D eigenvalue weighted by Crippen LogP contribution is 2.31. The van der Waals surface area contributed by atoms with Crippen LogP contribution in [0.2, 0.25) is 0 Å². The van der Waals surface area contributed by atoms with Crippen molar-refractivity contribution in [2.24, 2.45) is 5.73 Å². The fraction of sp³-hybridized carbons (Fsp3) is 0.538. The van der Waals surface area contributed by atoms with Crippen LogP contribution in [-0.4, -0.2) is 26.5 Å². The van der Waals surface area contributed by atoms with Crippen LogP contribution in [0.5, 0.6) is 5.75 Å². The first-order valence-corrected chi connectivity index (χ1v) is 7.98. The number of sulfone groups is 1. The summed E-state index contributed by atoms with van der Waals surface area (Å²) in [5.74, 6) is 0.0101. The molecular weight excluding hydrogens is 269 g/mol. The lowest BCUT2D eigenvalue weighted by Gasteiger charge is -2.28. The van der Waals surface area contributed by atoms with Gasteiger partial charge in [0.15, 0.2) is 9.84 Å². The van der Waals surface area contributed by atoms with Gasteiger partial charge in [-0.05, 0) is 18.9 Å². The zero-order valence-corrected chi connectivity index (χ0v) is 11.6. The molecular formula is C13H18FNO3S. The van der Waals surface area contributed by atoms with E-state index in [0.29, 0.717) is 18.6 Å². The molecule has 0 aromatic heterocycles. The van der Waals surface area contributed by atoms with Gasteiger partial charge in [0.1, 0.15) is 11.6 Å². The Morgan fingerprint density at radius 3 is 2.74 bits per heavy atom. The summed E-state index contributed by atoms with van der Waals surface area (Å²) in [5.41, 5.74) is 6.21. The molecule has 1 aliphatic rings. The van der Waals surface area contributed by atoms with Crippen molar-refractivity contribution in [1.29, 1.82) is 0 Å². The summed E-state index contributed by atoms with van der Waals surface area (Å²) in [6.45, 7) is 0. The summed E-state index contributed by atoms with van der Waals surface area (Å²) in [6.07, 6.45) is 1.97. The van der Waals surface area contributed by atoms with Gasteiger partial charge in [-0.15, -0.1) is 0 Å². The van der Waals surface area contributed by atoms with Crippen LogP contribution in [0, 0.1) is 5.82 Å². The Morgan fingerprint density at radius 2 is 2.16 bits per heavy atom. The average molecular weight is 287 g/mol. The van der Waals surface area contributed by atoms with Crippen molar-refractivity contribution in [3.8, 4) is 5.75 Å². The molecule has 0 amide bonds. The van der Waals surface area contributed by atoms with Gasteiger partial charge in [0.25, 0.3) is 0 Å². The minimum Gasteiger partial charge on any atom is -0.497 e. The van der Waals surface area contributed by atoms with E-state index in [1.165, 1.54) is 19.2 Å². The molecule has 2 rings (SSSR count). The summed E-state index contributed by atoms with van der Waals surface area (Å²) in [4.78, 5) is 0. The Hall–Kier alpha value is -1.14. The fourth-order valence-corrected chi connectivity index (χ4v) is 4.52. The number of benzene rings is 1. The molecule has 0 spiro atoms. The van der Waals surface area contributed by atoms with Crippen LogP contribution in [0.3, 0.4) is 0 Å². The van der Waals surface area contributed by atoms with Crippen LogP contribution in [0.15, 0.2) is 18.2 Å². The van der Waals surface area contributed by atoms with Gasteiger partial charge in [-0.1, -0.05) is 12.5 Å². The van der Waals surface area contributed by atoms with Crippen molar-refractivity contribution < 1.29 is 17.5 Å². The Kier molecular flexibility index (Phi) is 4.10. The van der Waals surface area contributed by atoms with Gasteiger partial charge in [-0.3, -0.25) is 0 Å². The first-order chi connectivity index (χ1) is 8.95. The van der Waals surface area contributed by atoms with Gasteiger partial charge >= 0.3 is 0 Å². The second-order valence-corrected chi connectivity index (χ2v) is 7.15. The van der Waals surface area contributed by atoms with Crippen molar-refractivity contribution in [3.05, 3.63) is 29.6 Å². The van der Waals surface area contributed by atoms with E-state index in [1.54, 1.807) is 6.07 Å². The predicted molar refractivity (Wildman–Crippen MR) is 71.3 cm³/mol. The van der Waals surface area contributed by atoms with Crippen LogP contribution in [0.25, 0.3) is 0 Å². The van der Waals surface area contributed by atoms with E-state index in [9.17, 15) is 12.8 Å². The highest BCUT2D eigenvalue weighted by atomic mass is 32.2. The molecule has 2 N–H and O–H groups in total. The minimum atomic E-state index is -3.23. The quantitative estimate of drug-likeness (QED) is 0.920. The summed E-state index contributed by atoms with van der Waals surface area (Å²) >= 11 is 0. The zero-order chi connectivity index (χ0) is 14.0. The molecule has 1 aromatic carbocycles. The SMILES string of the molecule is COc1ccc(C(N)C2CCCCS2(=O)=O)c(F)c1. The number of nitrogens with two attached hydrogens (primary N) is 1. The van der Waals surface area contributed by atoms with Crippen molar-refractivity contribution in [2.75, 3.05) is 12.9 Å². The molecule has 6 heteroatoms. The molecule has 4 nitrogen and oxygen atoms in total. The second kappa shape index (κ2) is 5.46. The largest absolute Gasteiger partial charge is 0.497 e. The number of ether oxygens (including phenoxy) is 1. The van der Waals surface area contributed by atoms with Gasteiger partial charge in [0.05, 0.1) is 18.1 Å². The molecule has 1 aromatic rings.